The van der Waals surface area contributed by atoms with E-state index in [0.717, 1.165) is 18.4 Å². The third-order valence-electron chi connectivity index (χ3n) is 11.5. The minimum Gasteiger partial charge on any atom is -0.391 e. The number of aliphatic hydroxyl groups excluding tert-OH is 2. The van der Waals surface area contributed by atoms with Crippen LogP contribution in [0.1, 0.15) is 44.1 Å². The fraction of sp³-hybridized carbons (Fsp3) is 0.594. The van der Waals surface area contributed by atoms with Gasteiger partial charge in [0.15, 0.2) is 0 Å². The molecule has 7 aliphatic rings. The second-order valence-corrected chi connectivity index (χ2v) is 13.6. The summed E-state index contributed by atoms with van der Waals surface area (Å²) >= 11 is 0. The maximum atomic E-state index is 14.4. The number of piperidine rings is 2. The van der Waals surface area contributed by atoms with Crippen LogP contribution in [0.3, 0.4) is 0 Å². The Hall–Kier alpha value is -3.01. The Kier molecular flexibility index (Phi) is 5.48. The van der Waals surface area contributed by atoms with Crippen molar-refractivity contribution in [2.75, 3.05) is 13.1 Å². The zero-order valence-electron chi connectivity index (χ0n) is 23.1. The monoisotopic (exact) mass is 558 g/mol. The average molecular weight is 559 g/mol. The molecule has 4 N–H and O–H groups in total. The van der Waals surface area contributed by atoms with Crippen LogP contribution < -0.4 is 10.6 Å². The number of nitrogens with zero attached hydrogens (tertiary/aromatic N) is 2. The minimum atomic E-state index is -1.07. The largest absolute Gasteiger partial charge is 0.391 e. The van der Waals surface area contributed by atoms with E-state index in [-0.39, 0.29) is 54.4 Å². The van der Waals surface area contributed by atoms with Crippen LogP contribution in [0, 0.1) is 23.7 Å². The van der Waals surface area contributed by atoms with Gasteiger partial charge >= 0.3 is 0 Å². The number of benzene rings is 1. The van der Waals surface area contributed by atoms with E-state index in [1.165, 1.54) is 0 Å². The van der Waals surface area contributed by atoms with E-state index >= 15 is 0 Å². The predicted molar refractivity (Wildman–Crippen MR) is 149 cm³/mol. The Labute approximate surface area is 239 Å². The lowest BCUT2D eigenvalue weighted by molar-refractivity contribution is -0.151. The summed E-state index contributed by atoms with van der Waals surface area (Å²) in [5.74, 6) is -0.373. The van der Waals surface area contributed by atoms with Gasteiger partial charge in [0.1, 0.15) is 17.8 Å². The van der Waals surface area contributed by atoms with Crippen LogP contribution in [0.4, 0.5) is 0 Å². The summed E-state index contributed by atoms with van der Waals surface area (Å²) in [7, 11) is 0. The summed E-state index contributed by atoms with van der Waals surface area (Å²) in [6.45, 7) is 0.632. The molecule has 0 radical (unpaired) electrons. The van der Waals surface area contributed by atoms with Crippen molar-refractivity contribution in [3.05, 3.63) is 60.2 Å². The zero-order valence-corrected chi connectivity index (χ0v) is 23.1. The lowest BCUT2D eigenvalue weighted by Gasteiger charge is -2.39. The van der Waals surface area contributed by atoms with Gasteiger partial charge in [-0.15, -0.1) is 0 Å². The quantitative estimate of drug-likeness (QED) is 0.437. The Morgan fingerprint density at radius 1 is 0.976 bits per heavy atom. The number of aliphatic hydroxyl groups is 2. The van der Waals surface area contributed by atoms with Crippen LogP contribution in [-0.4, -0.2) is 85.8 Å². The summed E-state index contributed by atoms with van der Waals surface area (Å²) < 4.78 is 0. The smallest absolute Gasteiger partial charge is 0.249 e. The van der Waals surface area contributed by atoms with Crippen molar-refractivity contribution in [3.63, 3.8) is 0 Å². The van der Waals surface area contributed by atoms with E-state index in [2.05, 4.69) is 22.8 Å². The maximum absolute atomic E-state index is 14.4. The van der Waals surface area contributed by atoms with Crippen molar-refractivity contribution in [1.82, 2.24) is 20.4 Å². The standard InChI is InChI=1S/C32H38N4O5/c37-25-18-36-29(41)31-14-21(31)11-12-35(31)27(39)24(13-19-7-3-1-4-8-19)33-26(38)17-30(34-28(40)32(36)16-23(25)32)15-22(30)20-9-5-2-6-10-20/h1-9,20-25,28,34,37,40H,10-18H2,(H,33,38)/t20?,21?,22?,23?,24-,25-,28?,30?,31?,32?/m0/s1. The van der Waals surface area contributed by atoms with Crippen molar-refractivity contribution >= 4 is 17.7 Å². The van der Waals surface area contributed by atoms with E-state index in [4.69, 9.17) is 0 Å². The first-order valence-corrected chi connectivity index (χ1v) is 15.2. The predicted octanol–water partition coefficient (Wildman–Crippen LogP) is 0.869. The summed E-state index contributed by atoms with van der Waals surface area (Å²) in [5, 5.41) is 29.3. The van der Waals surface area contributed by atoms with E-state index in [0.29, 0.717) is 32.2 Å². The van der Waals surface area contributed by atoms with Gasteiger partial charge in [-0.3, -0.25) is 19.7 Å². The first kappa shape index (κ1) is 25.7. The minimum absolute atomic E-state index is 0.0690. The zero-order chi connectivity index (χ0) is 28.1. The summed E-state index contributed by atoms with van der Waals surface area (Å²) in [5.41, 5.74) is -1.57. The van der Waals surface area contributed by atoms with Gasteiger partial charge in [-0.2, -0.15) is 0 Å². The number of hydrogen-bond acceptors (Lipinski definition) is 6. The molecule has 0 bridgehead atoms. The first-order valence-electron chi connectivity index (χ1n) is 15.2. The van der Waals surface area contributed by atoms with Gasteiger partial charge in [-0.1, -0.05) is 54.6 Å². The number of amides is 3. The van der Waals surface area contributed by atoms with Crippen LogP contribution in [0.15, 0.2) is 54.6 Å². The summed E-state index contributed by atoms with van der Waals surface area (Å²) in [6, 6.07) is 8.87. The highest BCUT2D eigenvalue weighted by molar-refractivity contribution is 5.99. The molecule has 3 amide bonds. The molecule has 9 heteroatoms. The molecule has 10 atom stereocenters. The molecule has 6 fully saturated rings. The topological polar surface area (TPSA) is 122 Å². The van der Waals surface area contributed by atoms with Crippen molar-refractivity contribution in [1.29, 1.82) is 0 Å². The number of carbonyl (C=O) groups excluding carboxylic acids is 3. The van der Waals surface area contributed by atoms with Gasteiger partial charge in [0, 0.05) is 37.4 Å². The second-order valence-electron chi connectivity index (χ2n) is 13.6. The second kappa shape index (κ2) is 8.75. The molecular weight excluding hydrogens is 520 g/mol. The maximum Gasteiger partial charge on any atom is 0.249 e. The lowest BCUT2D eigenvalue weighted by Crippen LogP contribution is -2.61. The molecule has 41 heavy (non-hydrogen) atoms. The van der Waals surface area contributed by atoms with E-state index < -0.39 is 35.0 Å². The summed E-state index contributed by atoms with van der Waals surface area (Å²) in [4.78, 5) is 45.9. The first-order chi connectivity index (χ1) is 19.8. The molecule has 3 saturated heterocycles. The Morgan fingerprint density at radius 2 is 1.80 bits per heavy atom. The van der Waals surface area contributed by atoms with Gasteiger partial charge in [0.25, 0.3) is 0 Å². The normalized spacial score (nSPS) is 46.1. The molecule has 8 rings (SSSR count). The van der Waals surface area contributed by atoms with Crippen LogP contribution >= 0.6 is 0 Å². The summed E-state index contributed by atoms with van der Waals surface area (Å²) in [6.07, 6.45) is 10.5. The van der Waals surface area contributed by atoms with Gasteiger partial charge in [0.05, 0.1) is 11.6 Å². The van der Waals surface area contributed by atoms with E-state index in [1.54, 1.807) is 9.80 Å². The molecule has 9 nitrogen and oxygen atoms in total. The average Bonchev–Trinajstić information content (AvgIpc) is 3.92. The highest BCUT2D eigenvalue weighted by Crippen LogP contribution is 2.64. The highest BCUT2D eigenvalue weighted by atomic mass is 16.3. The number of nitrogens with one attached hydrogen (secondary N) is 2. The third kappa shape index (κ3) is 3.68. The third-order valence-corrected chi connectivity index (χ3v) is 11.5. The molecule has 4 aliphatic carbocycles. The molecule has 3 aliphatic heterocycles. The van der Waals surface area contributed by atoms with E-state index in [1.807, 2.05) is 42.5 Å². The van der Waals surface area contributed by atoms with Gasteiger partial charge in [-0.05, 0) is 55.4 Å². The molecule has 1 aromatic carbocycles. The van der Waals surface area contributed by atoms with Gasteiger partial charge < -0.3 is 25.3 Å². The number of hydrogen-bond donors (Lipinski definition) is 4. The van der Waals surface area contributed by atoms with Crippen molar-refractivity contribution in [2.24, 2.45) is 23.7 Å². The molecule has 216 valence electrons. The number of allylic oxidation sites excluding steroid dienone is 4. The number of carbonyl (C=O) groups is 3. The Balaban J connectivity index is 1.18. The van der Waals surface area contributed by atoms with Crippen LogP contribution in [-0.2, 0) is 20.8 Å². The molecule has 3 spiro atoms. The number of β-amino-alcohol motifs (C(OH)–C–C–N with tert-alkyl or cyclic N) is 1. The lowest BCUT2D eigenvalue weighted by atomic mass is 9.91. The molecule has 3 saturated carbocycles. The van der Waals surface area contributed by atoms with Crippen LogP contribution in [0.25, 0.3) is 0 Å². The van der Waals surface area contributed by atoms with Gasteiger partial charge in [-0.25, -0.2) is 0 Å². The number of rotatable bonds is 3. The highest BCUT2D eigenvalue weighted by Gasteiger charge is 2.78. The molecule has 1 aromatic rings. The van der Waals surface area contributed by atoms with Crippen molar-refractivity contribution in [3.8, 4) is 0 Å². The Bertz CT molecular complexity index is 1360. The van der Waals surface area contributed by atoms with Crippen molar-refractivity contribution in [2.45, 2.75) is 79.9 Å². The molecule has 3 heterocycles. The molecular formula is C32H38N4O5. The molecule has 0 aromatic heterocycles. The molecule has 8 unspecified atom stereocenters. The van der Waals surface area contributed by atoms with Crippen molar-refractivity contribution < 1.29 is 24.6 Å². The fourth-order valence-electron chi connectivity index (χ4n) is 9.06. The Morgan fingerprint density at radius 3 is 2.54 bits per heavy atom. The van der Waals surface area contributed by atoms with E-state index in [9.17, 15) is 24.6 Å². The van der Waals surface area contributed by atoms with Crippen LogP contribution in [0.5, 0.6) is 0 Å². The SMILES string of the molecule is O=C1CC2(CC2C2C=CC=CC2)NC(O)C23CC2[C@@H](O)CN3C(=O)C23CC2CCN3C(=O)[C@H](Cc2ccccc2)N1. The van der Waals surface area contributed by atoms with Crippen LogP contribution in [0.2, 0.25) is 0 Å². The fourth-order valence-corrected chi connectivity index (χ4v) is 9.06. The van der Waals surface area contributed by atoms with Gasteiger partial charge in [0.2, 0.25) is 17.7 Å².